The molecule has 0 atom stereocenters. The molecular formula is C23H26ClFN2O4. The predicted molar refractivity (Wildman–Crippen MR) is 116 cm³/mol. The van der Waals surface area contributed by atoms with Crippen LogP contribution in [0.3, 0.4) is 0 Å². The van der Waals surface area contributed by atoms with E-state index in [1.165, 1.54) is 23.1 Å². The molecule has 2 amide bonds. The number of rotatable bonds is 7. The fraction of sp³-hybridized carbons (Fsp3) is 0.391. The van der Waals surface area contributed by atoms with E-state index in [4.69, 9.17) is 21.1 Å². The van der Waals surface area contributed by atoms with E-state index < -0.39 is 11.7 Å². The maximum atomic E-state index is 14.0. The summed E-state index contributed by atoms with van der Waals surface area (Å²) in [5.41, 5.74) is 0.866. The second kappa shape index (κ2) is 10.5. The van der Waals surface area contributed by atoms with Crippen LogP contribution in [0.15, 0.2) is 36.4 Å². The van der Waals surface area contributed by atoms with Crippen LogP contribution >= 0.6 is 11.6 Å². The molecule has 1 heterocycles. The average molecular weight is 449 g/mol. The molecule has 1 saturated heterocycles. The number of methoxy groups -OCH3 is 1. The Morgan fingerprint density at radius 3 is 2.42 bits per heavy atom. The van der Waals surface area contributed by atoms with Crippen LogP contribution in [-0.4, -0.2) is 61.5 Å². The van der Waals surface area contributed by atoms with Gasteiger partial charge in [0, 0.05) is 32.6 Å². The molecule has 1 aliphatic rings. The molecular weight excluding hydrogens is 423 g/mol. The summed E-state index contributed by atoms with van der Waals surface area (Å²) < 4.78 is 24.9. The molecule has 0 radical (unpaired) electrons. The molecule has 1 fully saturated rings. The van der Waals surface area contributed by atoms with Crippen LogP contribution in [0, 0.1) is 5.82 Å². The maximum Gasteiger partial charge on any atom is 0.258 e. The van der Waals surface area contributed by atoms with Crippen molar-refractivity contribution in [1.82, 2.24) is 9.80 Å². The molecule has 166 valence electrons. The summed E-state index contributed by atoms with van der Waals surface area (Å²) in [5.74, 6) is 0.254. The molecule has 3 rings (SSSR count). The van der Waals surface area contributed by atoms with E-state index in [0.29, 0.717) is 57.1 Å². The van der Waals surface area contributed by atoms with Gasteiger partial charge in [-0.15, -0.1) is 0 Å². The molecule has 0 bridgehead atoms. The number of carbonyl (C=O) groups excluding carboxylic acids is 2. The molecule has 0 unspecified atom stereocenters. The molecule has 31 heavy (non-hydrogen) atoms. The number of aryl methyl sites for hydroxylation is 1. The van der Waals surface area contributed by atoms with Crippen LogP contribution in [0.4, 0.5) is 4.39 Å². The zero-order chi connectivity index (χ0) is 22.4. The Morgan fingerprint density at radius 1 is 1.06 bits per heavy atom. The minimum absolute atomic E-state index is 0.0175. The van der Waals surface area contributed by atoms with Crippen LogP contribution in [0.1, 0.15) is 29.3 Å². The summed E-state index contributed by atoms with van der Waals surface area (Å²) in [6.45, 7) is 3.95. The standard InChI is InChI=1S/C23H26ClFN2O4/c1-3-31-19-9-7-16(15-20(19)30-2)8-10-21(28)26-11-13-27(14-12-26)23(29)22-17(24)5-4-6-18(22)25/h4-7,9,15H,3,8,10-14H2,1-2H3. The number of carbonyl (C=O) groups is 2. The minimum Gasteiger partial charge on any atom is -0.493 e. The first-order valence-electron chi connectivity index (χ1n) is 10.2. The fourth-order valence-electron chi connectivity index (χ4n) is 3.57. The highest BCUT2D eigenvalue weighted by molar-refractivity contribution is 6.33. The summed E-state index contributed by atoms with van der Waals surface area (Å²) in [7, 11) is 1.59. The van der Waals surface area contributed by atoms with Gasteiger partial charge in [-0.05, 0) is 43.2 Å². The lowest BCUT2D eigenvalue weighted by atomic mass is 10.1. The fourth-order valence-corrected chi connectivity index (χ4v) is 3.81. The molecule has 2 aromatic carbocycles. The lowest BCUT2D eigenvalue weighted by Crippen LogP contribution is -2.50. The highest BCUT2D eigenvalue weighted by Crippen LogP contribution is 2.28. The van der Waals surface area contributed by atoms with E-state index in [2.05, 4.69) is 0 Å². The molecule has 8 heteroatoms. The van der Waals surface area contributed by atoms with Gasteiger partial charge < -0.3 is 19.3 Å². The van der Waals surface area contributed by atoms with E-state index >= 15 is 0 Å². The number of hydrogen-bond donors (Lipinski definition) is 0. The van der Waals surface area contributed by atoms with Gasteiger partial charge in [-0.3, -0.25) is 9.59 Å². The van der Waals surface area contributed by atoms with Crippen molar-refractivity contribution in [3.8, 4) is 11.5 Å². The van der Waals surface area contributed by atoms with Crippen molar-refractivity contribution in [2.45, 2.75) is 19.8 Å². The molecule has 2 aromatic rings. The Hall–Kier alpha value is -2.80. The van der Waals surface area contributed by atoms with E-state index in [1.54, 1.807) is 12.0 Å². The van der Waals surface area contributed by atoms with Crippen molar-refractivity contribution in [2.75, 3.05) is 39.9 Å². The summed E-state index contributed by atoms with van der Waals surface area (Å²) in [6, 6.07) is 9.83. The average Bonchev–Trinajstić information content (AvgIpc) is 2.78. The van der Waals surface area contributed by atoms with E-state index in [-0.39, 0.29) is 16.5 Å². The van der Waals surface area contributed by atoms with Crippen molar-refractivity contribution in [3.63, 3.8) is 0 Å². The minimum atomic E-state index is -0.637. The smallest absolute Gasteiger partial charge is 0.258 e. The Bertz CT molecular complexity index is 925. The van der Waals surface area contributed by atoms with Gasteiger partial charge in [0.1, 0.15) is 5.82 Å². The monoisotopic (exact) mass is 448 g/mol. The van der Waals surface area contributed by atoms with Gasteiger partial charge in [-0.1, -0.05) is 23.7 Å². The zero-order valence-corrected chi connectivity index (χ0v) is 18.5. The van der Waals surface area contributed by atoms with Crippen LogP contribution < -0.4 is 9.47 Å². The second-order valence-electron chi connectivity index (χ2n) is 7.19. The van der Waals surface area contributed by atoms with Gasteiger partial charge in [0.15, 0.2) is 11.5 Å². The Morgan fingerprint density at radius 2 is 1.77 bits per heavy atom. The molecule has 1 aliphatic heterocycles. The van der Waals surface area contributed by atoms with Gasteiger partial charge in [0.2, 0.25) is 5.91 Å². The first kappa shape index (κ1) is 22.9. The Balaban J connectivity index is 1.53. The summed E-state index contributed by atoms with van der Waals surface area (Å²) in [4.78, 5) is 28.5. The SMILES string of the molecule is CCOc1ccc(CCC(=O)N2CCN(C(=O)c3c(F)cccc3Cl)CC2)cc1OC. The van der Waals surface area contributed by atoms with Crippen molar-refractivity contribution >= 4 is 23.4 Å². The van der Waals surface area contributed by atoms with Gasteiger partial charge in [-0.25, -0.2) is 4.39 Å². The summed E-state index contributed by atoms with van der Waals surface area (Å²) in [5, 5.41) is 0.0919. The van der Waals surface area contributed by atoms with Crippen LogP contribution in [0.25, 0.3) is 0 Å². The molecule has 0 saturated carbocycles. The molecule has 0 aliphatic carbocycles. The number of halogens is 2. The summed E-state index contributed by atoms with van der Waals surface area (Å²) >= 11 is 6.00. The number of benzene rings is 2. The van der Waals surface area contributed by atoms with Crippen LogP contribution in [0.2, 0.25) is 5.02 Å². The first-order chi connectivity index (χ1) is 14.9. The third-order valence-corrected chi connectivity index (χ3v) is 5.57. The third-order valence-electron chi connectivity index (χ3n) is 5.25. The Kier molecular flexibility index (Phi) is 7.74. The van der Waals surface area contributed by atoms with Crippen molar-refractivity contribution in [2.24, 2.45) is 0 Å². The van der Waals surface area contributed by atoms with Crippen molar-refractivity contribution < 1.29 is 23.5 Å². The normalized spacial score (nSPS) is 13.8. The number of piperazine rings is 1. The third kappa shape index (κ3) is 5.47. The van der Waals surface area contributed by atoms with E-state index in [0.717, 1.165) is 5.56 Å². The van der Waals surface area contributed by atoms with Gasteiger partial charge in [-0.2, -0.15) is 0 Å². The largest absolute Gasteiger partial charge is 0.493 e. The van der Waals surface area contributed by atoms with Gasteiger partial charge in [0.25, 0.3) is 5.91 Å². The quantitative estimate of drug-likeness (QED) is 0.646. The zero-order valence-electron chi connectivity index (χ0n) is 17.7. The molecule has 0 aromatic heterocycles. The number of hydrogen-bond acceptors (Lipinski definition) is 4. The number of nitrogens with zero attached hydrogens (tertiary/aromatic N) is 2. The van der Waals surface area contributed by atoms with Gasteiger partial charge in [0.05, 0.1) is 24.3 Å². The number of amides is 2. The van der Waals surface area contributed by atoms with Crippen LogP contribution in [-0.2, 0) is 11.2 Å². The topological polar surface area (TPSA) is 59.1 Å². The lowest BCUT2D eigenvalue weighted by molar-refractivity contribution is -0.132. The van der Waals surface area contributed by atoms with Gasteiger partial charge >= 0.3 is 0 Å². The molecule has 0 N–H and O–H groups in total. The van der Waals surface area contributed by atoms with Crippen molar-refractivity contribution in [1.29, 1.82) is 0 Å². The summed E-state index contributed by atoms with van der Waals surface area (Å²) in [6.07, 6.45) is 0.926. The Labute approximate surface area is 186 Å². The van der Waals surface area contributed by atoms with E-state index in [1.807, 2.05) is 25.1 Å². The molecule has 6 nitrogen and oxygen atoms in total. The number of ether oxygens (including phenoxy) is 2. The highest BCUT2D eigenvalue weighted by Gasteiger charge is 2.27. The highest BCUT2D eigenvalue weighted by atomic mass is 35.5. The van der Waals surface area contributed by atoms with Crippen LogP contribution in [0.5, 0.6) is 11.5 Å². The van der Waals surface area contributed by atoms with E-state index in [9.17, 15) is 14.0 Å². The maximum absolute atomic E-state index is 14.0. The second-order valence-corrected chi connectivity index (χ2v) is 7.60. The lowest BCUT2D eigenvalue weighted by Gasteiger charge is -2.35. The van der Waals surface area contributed by atoms with Crippen molar-refractivity contribution in [3.05, 3.63) is 58.4 Å². The molecule has 0 spiro atoms. The predicted octanol–water partition coefficient (Wildman–Crippen LogP) is 3.80. The first-order valence-corrected chi connectivity index (χ1v) is 10.6.